The number of thiophene rings is 1. The first kappa shape index (κ1) is 23.6. The van der Waals surface area contributed by atoms with Crippen molar-refractivity contribution in [3.63, 3.8) is 0 Å². The molecule has 1 aromatic heterocycles. The van der Waals surface area contributed by atoms with Gasteiger partial charge in [0.05, 0.1) is 0 Å². The third-order valence-electron chi connectivity index (χ3n) is 3.85. The van der Waals surface area contributed by atoms with Crippen molar-refractivity contribution in [3.05, 3.63) is 57.4 Å². The topological polar surface area (TPSA) is 95.9 Å². The minimum Gasteiger partial charge on any atom is -0.406 e. The van der Waals surface area contributed by atoms with Crippen molar-refractivity contribution in [2.24, 2.45) is 0 Å². The van der Waals surface area contributed by atoms with Crippen molar-refractivity contribution in [2.75, 3.05) is 5.32 Å². The summed E-state index contributed by atoms with van der Waals surface area (Å²) in [6.07, 6.45) is -4.91. The summed E-state index contributed by atoms with van der Waals surface area (Å²) >= 11 is 3.35. The van der Waals surface area contributed by atoms with Crippen molar-refractivity contribution in [2.45, 2.75) is 12.0 Å². The van der Waals surface area contributed by atoms with Gasteiger partial charge in [-0.3, -0.25) is 9.36 Å². The van der Waals surface area contributed by atoms with Crippen LogP contribution >= 0.6 is 34.9 Å². The van der Waals surface area contributed by atoms with E-state index in [2.05, 4.69) is 26.0 Å². The van der Waals surface area contributed by atoms with Gasteiger partial charge in [0.15, 0.2) is 0 Å². The minimum absolute atomic E-state index is 0.00930. The molecule has 3 N–H and O–H groups in total. The summed E-state index contributed by atoms with van der Waals surface area (Å²) in [7, 11) is -5.79. The Kier molecular flexibility index (Phi) is 6.20. The van der Waals surface area contributed by atoms with Crippen LogP contribution in [0.2, 0.25) is 0 Å². The molecule has 31 heavy (non-hydrogen) atoms. The van der Waals surface area contributed by atoms with Crippen LogP contribution < -0.4 is 10.1 Å². The minimum atomic E-state index is -5.79. The molecule has 14 heteroatoms. The predicted molar refractivity (Wildman–Crippen MR) is 107 cm³/mol. The molecule has 0 atom stereocenters. The van der Waals surface area contributed by atoms with Gasteiger partial charge in [-0.05, 0) is 46.3 Å². The number of fused-ring (bicyclic) bond motifs is 1. The normalized spacial score (nSPS) is 12.8. The van der Waals surface area contributed by atoms with E-state index < -0.39 is 36.2 Å². The summed E-state index contributed by atoms with van der Waals surface area (Å²) in [5.41, 5.74) is -4.47. The Morgan fingerprint density at radius 2 is 1.77 bits per heavy atom. The molecule has 1 amide bonds. The zero-order valence-electron chi connectivity index (χ0n) is 14.8. The molecule has 3 rings (SSSR count). The number of hydrogen-bond donors (Lipinski definition) is 3. The largest absolute Gasteiger partial charge is 0.573 e. The molecule has 3 aromatic rings. The average Bonchev–Trinajstić information content (AvgIpc) is 2.96. The zero-order chi connectivity index (χ0) is 23.2. The summed E-state index contributed by atoms with van der Waals surface area (Å²) in [6, 6.07) is 8.33. The molecule has 0 aliphatic rings. The number of hydrogen-bond acceptors (Lipinski definition) is 4. The van der Waals surface area contributed by atoms with E-state index in [-0.39, 0.29) is 25.8 Å². The van der Waals surface area contributed by atoms with Gasteiger partial charge in [0, 0.05) is 31.9 Å². The molecule has 1 heterocycles. The third kappa shape index (κ3) is 5.07. The van der Waals surface area contributed by atoms with Gasteiger partial charge in [-0.2, -0.15) is 8.78 Å². The van der Waals surface area contributed by atoms with E-state index in [4.69, 9.17) is 9.79 Å². The molecule has 0 saturated carbocycles. The molecule has 0 aliphatic heterocycles. The van der Waals surface area contributed by atoms with E-state index in [0.29, 0.717) is 11.3 Å². The summed E-state index contributed by atoms with van der Waals surface area (Å²) in [5, 5.41) is 2.47. The lowest BCUT2D eigenvalue weighted by atomic mass is 10.1. The van der Waals surface area contributed by atoms with E-state index in [1.165, 1.54) is 30.3 Å². The Hall–Kier alpha value is -2.05. The van der Waals surface area contributed by atoms with Crippen LogP contribution in [0.4, 0.5) is 27.6 Å². The Labute approximate surface area is 182 Å². The maximum atomic E-state index is 14.1. The second kappa shape index (κ2) is 8.14. The number of carbonyl (C=O) groups is 1. The molecule has 166 valence electrons. The number of ether oxygens (including phenoxy) is 1. The first-order valence-electron chi connectivity index (χ1n) is 8.02. The highest BCUT2D eigenvalue weighted by atomic mass is 79.9. The zero-order valence-corrected chi connectivity index (χ0v) is 18.1. The van der Waals surface area contributed by atoms with Crippen molar-refractivity contribution < 1.29 is 45.8 Å². The van der Waals surface area contributed by atoms with Gasteiger partial charge in [0.2, 0.25) is 0 Å². The van der Waals surface area contributed by atoms with E-state index in [9.17, 15) is 31.3 Å². The smallest absolute Gasteiger partial charge is 0.406 e. The molecule has 0 unspecified atom stereocenters. The monoisotopic (exact) mass is 545 g/mol. The van der Waals surface area contributed by atoms with E-state index in [0.717, 1.165) is 12.1 Å². The number of benzene rings is 2. The van der Waals surface area contributed by atoms with E-state index >= 15 is 0 Å². The molecule has 0 aliphatic carbocycles. The summed E-state index contributed by atoms with van der Waals surface area (Å²) in [5.74, 6) is -1.31. The standard InChI is InChI=1S/C17H10BrF5NO5PS/c18-13-11-6-8(4-5-12(11)31-14(13)16(19,20)30(26,27)28)15(25)24-9-2-1-3-10(7-9)29-17(21,22)23/h1-7H,(H,24,25)(H2,26,27,28). The van der Waals surface area contributed by atoms with Crippen molar-refractivity contribution in [1.82, 2.24) is 0 Å². The van der Waals surface area contributed by atoms with Gasteiger partial charge in [0.25, 0.3) is 5.91 Å². The Morgan fingerprint density at radius 1 is 1.10 bits per heavy atom. The predicted octanol–water partition coefficient (Wildman–Crippen LogP) is 6.04. The number of rotatable bonds is 5. The van der Waals surface area contributed by atoms with Gasteiger partial charge < -0.3 is 19.8 Å². The van der Waals surface area contributed by atoms with Crippen molar-refractivity contribution >= 4 is 56.5 Å². The number of carbonyl (C=O) groups excluding carboxylic acids is 1. The van der Waals surface area contributed by atoms with Crippen LogP contribution in [0.3, 0.4) is 0 Å². The molecule has 0 fully saturated rings. The molecular formula is C17H10BrF5NO5PS. The number of anilines is 1. The molecule has 2 aromatic carbocycles. The van der Waals surface area contributed by atoms with E-state index in [1.54, 1.807) is 0 Å². The second-order valence-corrected chi connectivity index (χ2v) is 9.57. The van der Waals surface area contributed by atoms with Gasteiger partial charge in [-0.25, -0.2) is 0 Å². The van der Waals surface area contributed by atoms with Crippen LogP contribution in [0.25, 0.3) is 10.1 Å². The highest BCUT2D eigenvalue weighted by molar-refractivity contribution is 9.10. The Balaban J connectivity index is 1.90. The molecule has 0 radical (unpaired) electrons. The van der Waals surface area contributed by atoms with Gasteiger partial charge in [-0.1, -0.05) is 6.07 Å². The maximum absolute atomic E-state index is 14.1. The fourth-order valence-electron chi connectivity index (χ4n) is 2.51. The van der Waals surface area contributed by atoms with Crippen LogP contribution in [0, 0.1) is 0 Å². The molecule has 0 bridgehead atoms. The summed E-state index contributed by atoms with van der Waals surface area (Å²) in [6.45, 7) is 0. The van der Waals surface area contributed by atoms with Gasteiger partial charge in [-0.15, -0.1) is 24.5 Å². The SMILES string of the molecule is O=C(Nc1cccc(OC(F)(F)F)c1)c1ccc2sc(C(F)(F)P(=O)(O)O)c(Br)c2c1. The quantitative estimate of drug-likeness (QED) is 0.268. The lowest BCUT2D eigenvalue weighted by molar-refractivity contribution is -0.274. The van der Waals surface area contributed by atoms with Gasteiger partial charge >= 0.3 is 19.6 Å². The van der Waals surface area contributed by atoms with E-state index in [1.807, 2.05) is 0 Å². The number of nitrogens with one attached hydrogen (secondary N) is 1. The second-order valence-electron chi connectivity index (χ2n) is 6.07. The van der Waals surface area contributed by atoms with Crippen LogP contribution in [-0.4, -0.2) is 22.1 Å². The Morgan fingerprint density at radius 3 is 2.39 bits per heavy atom. The lowest BCUT2D eigenvalue weighted by Crippen LogP contribution is -2.17. The molecule has 0 spiro atoms. The maximum Gasteiger partial charge on any atom is 0.573 e. The Bertz CT molecular complexity index is 1210. The highest BCUT2D eigenvalue weighted by Gasteiger charge is 2.53. The summed E-state index contributed by atoms with van der Waals surface area (Å²) < 4.78 is 80.1. The van der Waals surface area contributed by atoms with Gasteiger partial charge in [0.1, 0.15) is 10.6 Å². The fraction of sp³-hybridized carbons (Fsp3) is 0.118. The highest BCUT2D eigenvalue weighted by Crippen LogP contribution is 2.62. The first-order chi connectivity index (χ1) is 14.2. The summed E-state index contributed by atoms with van der Waals surface area (Å²) in [4.78, 5) is 29.5. The number of alkyl halides is 5. The molecule has 0 saturated heterocycles. The third-order valence-corrected chi connectivity index (χ3v) is 7.29. The molecular weight excluding hydrogens is 536 g/mol. The number of amides is 1. The lowest BCUT2D eigenvalue weighted by Gasteiger charge is -2.16. The first-order valence-corrected chi connectivity index (χ1v) is 11.2. The average molecular weight is 546 g/mol. The van der Waals surface area contributed by atoms with Crippen LogP contribution in [-0.2, 0) is 10.2 Å². The van der Waals surface area contributed by atoms with Crippen molar-refractivity contribution in [1.29, 1.82) is 0 Å². The fourth-order valence-corrected chi connectivity index (χ4v) is 5.43. The molecule has 6 nitrogen and oxygen atoms in total. The van der Waals surface area contributed by atoms with Crippen LogP contribution in [0.5, 0.6) is 5.75 Å². The van der Waals surface area contributed by atoms with Crippen LogP contribution in [0.1, 0.15) is 15.2 Å². The number of halogens is 6. The van der Waals surface area contributed by atoms with Crippen molar-refractivity contribution in [3.8, 4) is 5.75 Å². The van der Waals surface area contributed by atoms with Crippen LogP contribution in [0.15, 0.2) is 46.9 Å².